The van der Waals surface area contributed by atoms with Crippen molar-refractivity contribution in [3.8, 4) is 5.75 Å². The summed E-state index contributed by atoms with van der Waals surface area (Å²) in [4.78, 5) is 23.1. The first-order chi connectivity index (χ1) is 10.6. The van der Waals surface area contributed by atoms with Crippen molar-refractivity contribution in [2.24, 2.45) is 5.73 Å². The maximum atomic E-state index is 12.2. The van der Waals surface area contributed by atoms with E-state index in [0.29, 0.717) is 17.0 Å². The molecule has 0 aliphatic heterocycles. The Hall–Kier alpha value is -3.02. The zero-order valence-corrected chi connectivity index (χ0v) is 12.1. The Bertz CT molecular complexity index is 659. The molecule has 0 bridgehead atoms. The minimum Gasteiger partial charge on any atom is -0.497 e. The first-order valence-electron chi connectivity index (χ1n) is 6.66. The van der Waals surface area contributed by atoms with Gasteiger partial charge in [0.05, 0.1) is 7.11 Å². The Morgan fingerprint density at radius 3 is 2.45 bits per heavy atom. The van der Waals surface area contributed by atoms with Crippen molar-refractivity contribution < 1.29 is 14.3 Å². The van der Waals surface area contributed by atoms with Crippen molar-refractivity contribution in [1.29, 1.82) is 0 Å². The Kier molecular flexibility index (Phi) is 4.98. The first kappa shape index (κ1) is 15.4. The van der Waals surface area contributed by atoms with E-state index in [-0.39, 0.29) is 0 Å². The first-order valence-corrected chi connectivity index (χ1v) is 6.66. The quantitative estimate of drug-likeness (QED) is 0.787. The van der Waals surface area contributed by atoms with Gasteiger partial charge in [-0.1, -0.05) is 36.4 Å². The number of imide groups is 1. The van der Waals surface area contributed by atoms with E-state index in [1.807, 2.05) is 18.2 Å². The molecule has 0 fully saturated rings. The lowest BCUT2D eigenvalue weighted by Gasteiger charge is -2.19. The SMILES string of the molecule is COc1cccc(N[C@@H](C(=O)NC(N)=O)c2ccccc2)c1. The van der Waals surface area contributed by atoms with Crippen molar-refractivity contribution >= 4 is 17.6 Å². The average Bonchev–Trinajstić information content (AvgIpc) is 2.53. The van der Waals surface area contributed by atoms with Crippen LogP contribution in [-0.2, 0) is 4.79 Å². The lowest BCUT2D eigenvalue weighted by atomic mass is 10.1. The Morgan fingerprint density at radius 2 is 1.82 bits per heavy atom. The highest BCUT2D eigenvalue weighted by molar-refractivity contribution is 5.98. The van der Waals surface area contributed by atoms with Crippen LogP contribution in [0, 0.1) is 0 Å². The third-order valence-electron chi connectivity index (χ3n) is 3.02. The molecule has 6 heteroatoms. The summed E-state index contributed by atoms with van der Waals surface area (Å²) in [5.74, 6) is 0.133. The topological polar surface area (TPSA) is 93.4 Å². The number of methoxy groups -OCH3 is 1. The van der Waals surface area contributed by atoms with E-state index in [1.54, 1.807) is 43.5 Å². The van der Waals surface area contributed by atoms with Crippen molar-refractivity contribution in [2.75, 3.05) is 12.4 Å². The molecule has 3 amide bonds. The molecule has 114 valence electrons. The molecule has 0 spiro atoms. The molecule has 0 saturated carbocycles. The number of rotatable bonds is 5. The van der Waals surface area contributed by atoms with Crippen LogP contribution >= 0.6 is 0 Å². The van der Waals surface area contributed by atoms with Gasteiger partial charge in [0.1, 0.15) is 11.8 Å². The van der Waals surface area contributed by atoms with Crippen LogP contribution in [0.4, 0.5) is 10.5 Å². The van der Waals surface area contributed by atoms with Gasteiger partial charge < -0.3 is 15.8 Å². The lowest BCUT2D eigenvalue weighted by molar-refractivity contribution is -0.120. The van der Waals surface area contributed by atoms with Gasteiger partial charge in [-0.3, -0.25) is 10.1 Å². The average molecular weight is 299 g/mol. The van der Waals surface area contributed by atoms with Gasteiger partial charge in [0.15, 0.2) is 0 Å². The molecular weight excluding hydrogens is 282 g/mol. The number of carbonyl (C=O) groups excluding carboxylic acids is 2. The van der Waals surface area contributed by atoms with E-state index in [9.17, 15) is 9.59 Å². The summed E-state index contributed by atoms with van der Waals surface area (Å²) in [6.07, 6.45) is 0. The van der Waals surface area contributed by atoms with Crippen LogP contribution in [0.1, 0.15) is 11.6 Å². The second-order valence-corrected chi connectivity index (χ2v) is 4.57. The fourth-order valence-corrected chi connectivity index (χ4v) is 2.02. The van der Waals surface area contributed by atoms with Crippen molar-refractivity contribution in [3.63, 3.8) is 0 Å². The van der Waals surface area contributed by atoms with Crippen LogP contribution in [0.15, 0.2) is 54.6 Å². The van der Waals surface area contributed by atoms with Gasteiger partial charge in [-0.2, -0.15) is 0 Å². The predicted molar refractivity (Wildman–Crippen MR) is 83.5 cm³/mol. The Labute approximate surface area is 128 Å². The highest BCUT2D eigenvalue weighted by Crippen LogP contribution is 2.23. The molecule has 4 N–H and O–H groups in total. The summed E-state index contributed by atoms with van der Waals surface area (Å²) < 4.78 is 5.15. The number of benzene rings is 2. The van der Waals surface area contributed by atoms with E-state index in [1.165, 1.54) is 0 Å². The molecule has 0 aromatic heterocycles. The Morgan fingerprint density at radius 1 is 1.09 bits per heavy atom. The third-order valence-corrected chi connectivity index (χ3v) is 3.02. The fraction of sp³-hybridized carbons (Fsp3) is 0.125. The van der Waals surface area contributed by atoms with Crippen molar-refractivity contribution in [3.05, 3.63) is 60.2 Å². The predicted octanol–water partition coefficient (Wildman–Crippen LogP) is 2.04. The van der Waals surface area contributed by atoms with Crippen molar-refractivity contribution in [1.82, 2.24) is 5.32 Å². The second kappa shape index (κ2) is 7.12. The van der Waals surface area contributed by atoms with Gasteiger partial charge in [-0.05, 0) is 17.7 Å². The van der Waals surface area contributed by atoms with Gasteiger partial charge in [-0.15, -0.1) is 0 Å². The van der Waals surface area contributed by atoms with E-state index in [0.717, 1.165) is 0 Å². The Balaban J connectivity index is 2.28. The van der Waals surface area contributed by atoms with Crippen LogP contribution in [0.5, 0.6) is 5.75 Å². The summed E-state index contributed by atoms with van der Waals surface area (Å²) in [6.45, 7) is 0. The van der Waals surface area contributed by atoms with Crippen molar-refractivity contribution in [2.45, 2.75) is 6.04 Å². The number of ether oxygens (including phenoxy) is 1. The van der Waals surface area contributed by atoms with E-state index >= 15 is 0 Å². The zero-order valence-electron chi connectivity index (χ0n) is 12.1. The number of carbonyl (C=O) groups is 2. The number of hydrogen-bond donors (Lipinski definition) is 3. The smallest absolute Gasteiger partial charge is 0.318 e. The largest absolute Gasteiger partial charge is 0.497 e. The molecular formula is C16H17N3O3. The second-order valence-electron chi connectivity index (χ2n) is 4.57. The minimum absolute atomic E-state index is 0.526. The summed E-state index contributed by atoms with van der Waals surface area (Å²) >= 11 is 0. The van der Waals surface area contributed by atoms with Gasteiger partial charge in [0.2, 0.25) is 0 Å². The number of anilines is 1. The molecule has 1 atom stereocenters. The zero-order chi connectivity index (χ0) is 15.9. The van der Waals surface area contributed by atoms with Crippen LogP contribution in [0.2, 0.25) is 0 Å². The summed E-state index contributed by atoms with van der Waals surface area (Å²) in [6, 6.07) is 14.6. The van der Waals surface area contributed by atoms with Gasteiger partial charge in [-0.25, -0.2) is 4.79 Å². The fourth-order valence-electron chi connectivity index (χ4n) is 2.02. The molecule has 0 unspecified atom stereocenters. The highest BCUT2D eigenvalue weighted by atomic mass is 16.5. The molecule has 0 saturated heterocycles. The normalized spacial score (nSPS) is 11.3. The molecule has 0 aliphatic carbocycles. The molecule has 6 nitrogen and oxygen atoms in total. The molecule has 0 radical (unpaired) electrons. The summed E-state index contributed by atoms with van der Waals surface area (Å²) in [5, 5.41) is 5.17. The van der Waals surface area contributed by atoms with Crippen LogP contribution in [0.25, 0.3) is 0 Å². The number of amides is 3. The van der Waals surface area contributed by atoms with Crippen LogP contribution in [0.3, 0.4) is 0 Å². The number of nitrogens with one attached hydrogen (secondary N) is 2. The van der Waals surface area contributed by atoms with E-state index in [2.05, 4.69) is 10.6 Å². The molecule has 2 aromatic rings. The van der Waals surface area contributed by atoms with Crippen LogP contribution in [-0.4, -0.2) is 19.0 Å². The minimum atomic E-state index is -0.890. The molecule has 0 aliphatic rings. The molecule has 2 aromatic carbocycles. The maximum Gasteiger partial charge on any atom is 0.318 e. The van der Waals surface area contributed by atoms with Gasteiger partial charge in [0.25, 0.3) is 5.91 Å². The van der Waals surface area contributed by atoms with Gasteiger partial charge in [0, 0.05) is 11.8 Å². The summed E-state index contributed by atoms with van der Waals surface area (Å²) in [5.41, 5.74) is 6.43. The van der Waals surface area contributed by atoms with E-state index < -0.39 is 18.0 Å². The monoisotopic (exact) mass is 299 g/mol. The number of primary amides is 1. The number of nitrogens with two attached hydrogens (primary N) is 1. The van der Waals surface area contributed by atoms with Crippen LogP contribution < -0.4 is 21.1 Å². The van der Waals surface area contributed by atoms with E-state index in [4.69, 9.17) is 10.5 Å². The lowest BCUT2D eigenvalue weighted by Crippen LogP contribution is -2.40. The molecule has 0 heterocycles. The maximum absolute atomic E-state index is 12.2. The van der Waals surface area contributed by atoms with Gasteiger partial charge >= 0.3 is 6.03 Å². The number of urea groups is 1. The molecule has 2 rings (SSSR count). The number of hydrogen-bond acceptors (Lipinski definition) is 4. The highest BCUT2D eigenvalue weighted by Gasteiger charge is 2.21. The standard InChI is InChI=1S/C16H17N3O3/c1-22-13-9-5-8-12(10-13)18-14(15(20)19-16(17)21)11-6-3-2-4-7-11/h2-10,14,18H,1H3,(H3,17,19,20,21)/t14-/m1/s1. The summed E-state index contributed by atoms with van der Waals surface area (Å²) in [7, 11) is 1.56. The molecule has 22 heavy (non-hydrogen) atoms. The third kappa shape index (κ3) is 3.99.